The van der Waals surface area contributed by atoms with Crippen LogP contribution in [0.3, 0.4) is 0 Å². The van der Waals surface area contributed by atoms with E-state index in [1.54, 1.807) is 0 Å². The van der Waals surface area contributed by atoms with Gasteiger partial charge in [0.15, 0.2) is 6.29 Å². The summed E-state index contributed by atoms with van der Waals surface area (Å²) in [4.78, 5) is 10.1. The van der Waals surface area contributed by atoms with Crippen molar-refractivity contribution in [2.45, 2.75) is 33.0 Å². The average molecular weight is 220 g/mol. The van der Waals surface area contributed by atoms with Gasteiger partial charge in [-0.3, -0.25) is 0 Å². The fourth-order valence-electron chi connectivity index (χ4n) is 0.505. The van der Waals surface area contributed by atoms with Gasteiger partial charge in [0.2, 0.25) is 0 Å². The molecule has 0 fully saturated rings. The van der Waals surface area contributed by atoms with Gasteiger partial charge in [-0.15, -0.1) is 0 Å². The molecule has 0 aromatic carbocycles. The van der Waals surface area contributed by atoms with E-state index in [4.69, 9.17) is 9.53 Å². The summed E-state index contributed by atoms with van der Waals surface area (Å²) in [6.45, 7) is 7.62. The third-order valence-electron chi connectivity index (χ3n) is 1.16. The quantitative estimate of drug-likeness (QED) is 0.235. The van der Waals surface area contributed by atoms with Crippen molar-refractivity contribution in [3.05, 3.63) is 12.7 Å². The van der Waals surface area contributed by atoms with Gasteiger partial charge in [0.05, 0.1) is 0 Å². The zero-order valence-corrected chi connectivity index (χ0v) is 11.2. The van der Waals surface area contributed by atoms with E-state index in [0.717, 1.165) is 23.2 Å². The summed E-state index contributed by atoms with van der Waals surface area (Å²) >= 11 is 0. The molecule has 5 heteroatoms. The van der Waals surface area contributed by atoms with Crippen LogP contribution in [-0.4, -0.2) is 34.5 Å². The minimum Gasteiger partial charge on any atom is -0.433 e. The Morgan fingerprint density at radius 3 is 2.43 bits per heavy atom. The summed E-state index contributed by atoms with van der Waals surface area (Å²) in [7, 11) is 0.903. The molecule has 1 N–H and O–H groups in total. The van der Waals surface area contributed by atoms with Gasteiger partial charge in [0, 0.05) is 12.7 Å². The van der Waals surface area contributed by atoms with Crippen molar-refractivity contribution in [2.75, 3.05) is 6.61 Å². The first-order valence-corrected chi connectivity index (χ1v) is 5.40. The lowest BCUT2D eigenvalue weighted by atomic mass is 10.4. The predicted molar refractivity (Wildman–Crippen MR) is 58.8 cm³/mol. The number of carbonyl (C=O) groups excluding carboxylic acids is 1. The maximum atomic E-state index is 10.1. The SMILES string of the molecule is C=CC(=O)OC(C)O.CCCCO[SiH3]. The maximum absolute atomic E-state index is 10.1. The van der Waals surface area contributed by atoms with Crippen LogP contribution in [0.15, 0.2) is 12.7 Å². The van der Waals surface area contributed by atoms with E-state index >= 15 is 0 Å². The third-order valence-corrected chi connectivity index (χ3v) is 1.56. The van der Waals surface area contributed by atoms with Gasteiger partial charge in [-0.25, -0.2) is 4.79 Å². The van der Waals surface area contributed by atoms with Crippen LogP contribution in [-0.2, 0) is 14.0 Å². The summed E-state index contributed by atoms with van der Waals surface area (Å²) in [5.74, 6) is -0.611. The highest BCUT2D eigenvalue weighted by Gasteiger charge is 1.97. The van der Waals surface area contributed by atoms with Crippen LogP contribution in [0.4, 0.5) is 0 Å². The Hall–Kier alpha value is -0.653. The Bertz CT molecular complexity index is 144. The average Bonchev–Trinajstić information content (AvgIpc) is 2.14. The molecule has 0 aliphatic rings. The summed E-state index contributed by atoms with van der Waals surface area (Å²) in [5.41, 5.74) is 0. The zero-order valence-electron chi connectivity index (χ0n) is 9.16. The van der Waals surface area contributed by atoms with Gasteiger partial charge in [0.25, 0.3) is 0 Å². The fourth-order valence-corrected chi connectivity index (χ4v) is 0.794. The maximum Gasteiger partial charge on any atom is 0.332 e. The molecule has 0 aromatic rings. The van der Waals surface area contributed by atoms with E-state index in [2.05, 4.69) is 18.2 Å². The molecule has 1 unspecified atom stereocenters. The lowest BCUT2D eigenvalue weighted by Gasteiger charge is -2.01. The Morgan fingerprint density at radius 2 is 2.29 bits per heavy atom. The topological polar surface area (TPSA) is 55.8 Å². The fraction of sp³-hybridized carbons (Fsp3) is 0.667. The molecule has 0 bridgehead atoms. The molecule has 0 aliphatic carbocycles. The zero-order chi connectivity index (χ0) is 11.4. The molecule has 14 heavy (non-hydrogen) atoms. The highest BCUT2D eigenvalue weighted by molar-refractivity contribution is 5.97. The third kappa shape index (κ3) is 17.4. The van der Waals surface area contributed by atoms with Gasteiger partial charge in [0.1, 0.15) is 10.5 Å². The molecule has 0 aromatic heterocycles. The van der Waals surface area contributed by atoms with Crippen molar-refractivity contribution in [1.82, 2.24) is 0 Å². The van der Waals surface area contributed by atoms with Crippen molar-refractivity contribution in [1.29, 1.82) is 0 Å². The summed E-state index contributed by atoms with van der Waals surface area (Å²) < 4.78 is 9.12. The van der Waals surface area contributed by atoms with E-state index in [9.17, 15) is 4.79 Å². The molecule has 0 aliphatic heterocycles. The number of hydrogen-bond donors (Lipinski definition) is 1. The van der Waals surface area contributed by atoms with Gasteiger partial charge >= 0.3 is 5.97 Å². The molecule has 0 heterocycles. The number of esters is 1. The first-order valence-electron chi connectivity index (χ1n) is 4.58. The molecule has 0 radical (unpaired) electrons. The summed E-state index contributed by atoms with van der Waals surface area (Å²) in [6.07, 6.45) is 2.43. The van der Waals surface area contributed by atoms with Crippen molar-refractivity contribution in [3.8, 4) is 0 Å². The van der Waals surface area contributed by atoms with E-state index in [1.165, 1.54) is 19.8 Å². The van der Waals surface area contributed by atoms with E-state index in [0.29, 0.717) is 0 Å². The number of rotatable bonds is 5. The number of ether oxygens (including phenoxy) is 1. The Morgan fingerprint density at radius 1 is 1.71 bits per heavy atom. The molecule has 1 atom stereocenters. The van der Waals surface area contributed by atoms with Gasteiger partial charge in [-0.05, 0) is 13.3 Å². The molecule has 4 nitrogen and oxygen atoms in total. The second-order valence-electron chi connectivity index (χ2n) is 2.59. The largest absolute Gasteiger partial charge is 0.433 e. The van der Waals surface area contributed by atoms with Gasteiger partial charge in [-0.1, -0.05) is 19.9 Å². The van der Waals surface area contributed by atoms with Crippen molar-refractivity contribution >= 4 is 16.5 Å². The van der Waals surface area contributed by atoms with Crippen molar-refractivity contribution < 1.29 is 19.1 Å². The van der Waals surface area contributed by atoms with Crippen LogP contribution in [0.25, 0.3) is 0 Å². The van der Waals surface area contributed by atoms with Crippen molar-refractivity contribution in [2.24, 2.45) is 0 Å². The van der Waals surface area contributed by atoms with E-state index in [-0.39, 0.29) is 0 Å². The molecule has 0 saturated carbocycles. The first kappa shape index (κ1) is 15.8. The van der Waals surface area contributed by atoms with Crippen LogP contribution < -0.4 is 0 Å². The van der Waals surface area contributed by atoms with Crippen molar-refractivity contribution in [3.63, 3.8) is 0 Å². The number of carbonyl (C=O) groups is 1. The lowest BCUT2D eigenvalue weighted by Crippen LogP contribution is -2.10. The van der Waals surface area contributed by atoms with E-state index < -0.39 is 12.3 Å². The Labute approximate surface area is 88.5 Å². The van der Waals surface area contributed by atoms with Gasteiger partial charge in [-0.2, -0.15) is 0 Å². The van der Waals surface area contributed by atoms with Crippen LogP contribution in [0.2, 0.25) is 0 Å². The van der Waals surface area contributed by atoms with Gasteiger partial charge < -0.3 is 14.3 Å². The predicted octanol–water partition coefficient (Wildman–Crippen LogP) is 0.137. The highest BCUT2D eigenvalue weighted by Crippen LogP contribution is 1.84. The lowest BCUT2D eigenvalue weighted by molar-refractivity contribution is -0.158. The smallest absolute Gasteiger partial charge is 0.332 e. The molecule has 0 spiro atoms. The molecular weight excluding hydrogens is 200 g/mol. The van der Waals surface area contributed by atoms with E-state index in [1.807, 2.05) is 0 Å². The summed E-state index contributed by atoms with van der Waals surface area (Å²) in [6, 6.07) is 0. The first-order chi connectivity index (χ1) is 6.58. The van der Waals surface area contributed by atoms with Crippen LogP contribution >= 0.6 is 0 Å². The second kappa shape index (κ2) is 12.3. The molecular formula is C9H20O4Si. The molecule has 0 saturated heterocycles. The Kier molecular flexibility index (Phi) is 13.9. The molecule has 0 amide bonds. The molecule has 0 rings (SSSR count). The second-order valence-corrected chi connectivity index (χ2v) is 3.16. The number of aliphatic hydroxyl groups is 1. The number of aliphatic hydroxyl groups excluding tert-OH is 1. The summed E-state index contributed by atoms with van der Waals surface area (Å²) in [5, 5.41) is 8.36. The normalized spacial score (nSPS) is 11.1. The Balaban J connectivity index is 0. The standard InChI is InChI=1S/C5H8O3.C4H12OSi/c1-3-5(7)8-4(2)6;1-2-3-4-5-6/h3-4,6H,1H2,2H3;2-4H2,1,6H3. The van der Waals surface area contributed by atoms with Crippen LogP contribution in [0.1, 0.15) is 26.7 Å². The van der Waals surface area contributed by atoms with Crippen LogP contribution in [0, 0.1) is 0 Å². The minimum atomic E-state index is -1.04. The monoisotopic (exact) mass is 220 g/mol. The van der Waals surface area contributed by atoms with Crippen LogP contribution in [0.5, 0.6) is 0 Å². The molecule has 84 valence electrons. The minimum absolute atomic E-state index is 0.611. The number of hydrogen-bond acceptors (Lipinski definition) is 4. The highest BCUT2D eigenvalue weighted by atomic mass is 28.2. The number of unbranched alkanes of at least 4 members (excludes halogenated alkanes) is 1.